The summed E-state index contributed by atoms with van der Waals surface area (Å²) < 4.78 is 32.6. The van der Waals surface area contributed by atoms with Gasteiger partial charge in [0.1, 0.15) is 18.3 Å². The number of rotatable bonds is 13. The third kappa shape index (κ3) is 8.85. The molecule has 0 aliphatic carbocycles. The first kappa shape index (κ1) is 28.6. The van der Waals surface area contributed by atoms with Crippen molar-refractivity contribution in [1.82, 2.24) is 10.2 Å². The highest BCUT2D eigenvalue weighted by molar-refractivity contribution is 9.10. The van der Waals surface area contributed by atoms with Crippen molar-refractivity contribution in [1.29, 1.82) is 0 Å². The molecule has 8 nitrogen and oxygen atoms in total. The largest absolute Gasteiger partial charge is 0.494 e. The Morgan fingerprint density at radius 1 is 1.11 bits per heavy atom. The molecule has 2 amide bonds. The van der Waals surface area contributed by atoms with E-state index in [4.69, 9.17) is 4.74 Å². The molecule has 0 aromatic heterocycles. The molecule has 192 valence electrons. The van der Waals surface area contributed by atoms with Crippen molar-refractivity contribution in [2.24, 2.45) is 0 Å². The summed E-state index contributed by atoms with van der Waals surface area (Å²) in [6, 6.07) is 13.1. The van der Waals surface area contributed by atoms with E-state index in [9.17, 15) is 18.0 Å². The molecule has 2 aromatic rings. The van der Waals surface area contributed by atoms with E-state index < -0.39 is 28.5 Å². The predicted octanol–water partition coefficient (Wildman–Crippen LogP) is 3.95. The van der Waals surface area contributed by atoms with E-state index in [2.05, 4.69) is 21.2 Å². The van der Waals surface area contributed by atoms with Crippen molar-refractivity contribution in [3.8, 4) is 5.75 Å². The van der Waals surface area contributed by atoms with Crippen molar-refractivity contribution < 1.29 is 22.7 Å². The Morgan fingerprint density at radius 2 is 1.80 bits per heavy atom. The summed E-state index contributed by atoms with van der Waals surface area (Å²) in [6.45, 7) is 6.25. The summed E-state index contributed by atoms with van der Waals surface area (Å²) in [7, 11) is -3.78. The molecule has 0 bridgehead atoms. The maximum absolute atomic E-state index is 13.5. The number of halogens is 1. The van der Waals surface area contributed by atoms with Crippen LogP contribution >= 0.6 is 15.9 Å². The zero-order valence-corrected chi connectivity index (χ0v) is 23.1. The zero-order valence-electron chi connectivity index (χ0n) is 20.7. The fourth-order valence-electron chi connectivity index (χ4n) is 3.44. The Bertz CT molecular complexity index is 1090. The molecule has 2 aromatic carbocycles. The summed E-state index contributed by atoms with van der Waals surface area (Å²) in [4.78, 5) is 27.7. The lowest BCUT2D eigenvalue weighted by Gasteiger charge is -2.31. The number of hydrogen-bond acceptors (Lipinski definition) is 5. The van der Waals surface area contributed by atoms with Crippen LogP contribution < -0.4 is 14.4 Å². The van der Waals surface area contributed by atoms with Gasteiger partial charge in [-0.25, -0.2) is 8.42 Å². The Kier molecular flexibility index (Phi) is 11.0. The van der Waals surface area contributed by atoms with Gasteiger partial charge in [0, 0.05) is 17.6 Å². The molecule has 2 rings (SSSR count). The van der Waals surface area contributed by atoms with E-state index in [0.717, 1.165) is 33.4 Å². The number of amides is 2. The Hall–Kier alpha value is -2.59. The van der Waals surface area contributed by atoms with Crippen molar-refractivity contribution in [2.75, 3.05) is 30.3 Å². The molecule has 0 fully saturated rings. The second-order valence-corrected chi connectivity index (χ2v) is 11.0. The molecule has 1 N–H and O–H groups in total. The van der Waals surface area contributed by atoms with Gasteiger partial charge in [0.05, 0.1) is 18.6 Å². The monoisotopic (exact) mass is 567 g/mol. The van der Waals surface area contributed by atoms with Gasteiger partial charge in [0.25, 0.3) is 0 Å². The zero-order chi connectivity index (χ0) is 26.0. The molecule has 35 heavy (non-hydrogen) atoms. The van der Waals surface area contributed by atoms with Gasteiger partial charge in [-0.2, -0.15) is 0 Å². The summed E-state index contributed by atoms with van der Waals surface area (Å²) in [5, 5.41) is 2.86. The van der Waals surface area contributed by atoms with Crippen molar-refractivity contribution in [3.05, 3.63) is 58.6 Å². The highest BCUT2D eigenvalue weighted by Crippen LogP contribution is 2.23. The van der Waals surface area contributed by atoms with Crippen LogP contribution in [0.25, 0.3) is 0 Å². The number of unbranched alkanes of at least 4 members (excludes halogenated alkanes) is 1. The number of ether oxygens (including phenoxy) is 1. The first-order valence-electron chi connectivity index (χ1n) is 11.6. The molecule has 0 heterocycles. The number of nitrogens with zero attached hydrogens (tertiary/aromatic N) is 2. The Balaban J connectivity index is 2.33. The number of carbonyl (C=O) groups excluding carboxylic acids is 2. The van der Waals surface area contributed by atoms with Crippen LogP contribution in [0.5, 0.6) is 5.75 Å². The fraction of sp³-hybridized carbons (Fsp3) is 0.440. The fourth-order valence-corrected chi connectivity index (χ4v) is 4.74. The third-order valence-corrected chi connectivity index (χ3v) is 6.99. The van der Waals surface area contributed by atoms with Crippen molar-refractivity contribution in [2.45, 2.75) is 46.2 Å². The summed E-state index contributed by atoms with van der Waals surface area (Å²) in [5.41, 5.74) is 1.15. The summed E-state index contributed by atoms with van der Waals surface area (Å²) >= 11 is 3.43. The van der Waals surface area contributed by atoms with Gasteiger partial charge in [-0.05, 0) is 62.2 Å². The van der Waals surface area contributed by atoms with Crippen molar-refractivity contribution in [3.63, 3.8) is 0 Å². The summed E-state index contributed by atoms with van der Waals surface area (Å²) in [5.74, 6) is -0.166. The van der Waals surface area contributed by atoms with Crippen LogP contribution in [0.3, 0.4) is 0 Å². The lowest BCUT2D eigenvalue weighted by Crippen LogP contribution is -2.51. The third-order valence-electron chi connectivity index (χ3n) is 5.35. The number of anilines is 1. The molecule has 0 radical (unpaired) electrons. The molecule has 1 atom stereocenters. The van der Waals surface area contributed by atoms with E-state index in [1.807, 2.05) is 38.1 Å². The van der Waals surface area contributed by atoms with Gasteiger partial charge in [0.2, 0.25) is 21.8 Å². The molecular weight excluding hydrogens is 534 g/mol. The second kappa shape index (κ2) is 13.5. The van der Waals surface area contributed by atoms with Gasteiger partial charge < -0.3 is 15.0 Å². The number of carbonyl (C=O) groups is 2. The van der Waals surface area contributed by atoms with Crippen LogP contribution in [-0.2, 0) is 26.2 Å². The minimum Gasteiger partial charge on any atom is -0.494 e. The number of sulfonamides is 1. The van der Waals surface area contributed by atoms with Gasteiger partial charge in [0.15, 0.2) is 0 Å². The smallest absolute Gasteiger partial charge is 0.244 e. The van der Waals surface area contributed by atoms with Gasteiger partial charge in [-0.15, -0.1) is 0 Å². The van der Waals surface area contributed by atoms with E-state index in [-0.39, 0.29) is 12.5 Å². The Labute approximate surface area is 216 Å². The molecule has 10 heteroatoms. The number of benzene rings is 2. The Morgan fingerprint density at radius 3 is 2.37 bits per heavy atom. The molecule has 0 aliphatic heterocycles. The van der Waals surface area contributed by atoms with Crippen molar-refractivity contribution >= 4 is 43.5 Å². The summed E-state index contributed by atoms with van der Waals surface area (Å²) in [6.07, 6.45) is 2.81. The lowest BCUT2D eigenvalue weighted by molar-refractivity contribution is -0.139. The first-order chi connectivity index (χ1) is 16.6. The van der Waals surface area contributed by atoms with Crippen LogP contribution in [-0.4, -0.2) is 57.1 Å². The molecule has 0 spiro atoms. The van der Waals surface area contributed by atoms with Crippen LogP contribution in [0.2, 0.25) is 0 Å². The van der Waals surface area contributed by atoms with Gasteiger partial charge >= 0.3 is 0 Å². The topological polar surface area (TPSA) is 96.0 Å². The highest BCUT2D eigenvalue weighted by atomic mass is 79.9. The molecule has 0 aliphatic rings. The molecular formula is C25H34BrN3O5S. The van der Waals surface area contributed by atoms with Crippen LogP contribution in [0.15, 0.2) is 53.0 Å². The first-order valence-corrected chi connectivity index (χ1v) is 14.2. The SMILES string of the molecule is CCCCNC(=O)[C@@H](C)N(Cc1cccc(Br)c1)C(=O)CN(c1ccc(OCC)cc1)S(C)(=O)=O. The second-order valence-electron chi connectivity index (χ2n) is 8.17. The van der Waals surface area contributed by atoms with Gasteiger partial charge in [-0.1, -0.05) is 41.4 Å². The van der Waals surface area contributed by atoms with Crippen LogP contribution in [0, 0.1) is 0 Å². The maximum atomic E-state index is 13.5. The number of hydrogen-bond donors (Lipinski definition) is 1. The molecule has 0 saturated carbocycles. The normalized spacial score (nSPS) is 12.0. The average Bonchev–Trinajstić information content (AvgIpc) is 2.80. The van der Waals surface area contributed by atoms with Crippen LogP contribution in [0.1, 0.15) is 39.2 Å². The van der Waals surface area contributed by atoms with E-state index in [1.54, 1.807) is 31.2 Å². The molecule has 0 saturated heterocycles. The van der Waals surface area contributed by atoms with E-state index in [1.165, 1.54) is 4.90 Å². The molecule has 0 unspecified atom stereocenters. The minimum absolute atomic E-state index is 0.154. The quantitative estimate of drug-likeness (QED) is 0.370. The predicted molar refractivity (Wildman–Crippen MR) is 142 cm³/mol. The minimum atomic E-state index is -3.78. The number of nitrogens with one attached hydrogen (secondary N) is 1. The van der Waals surface area contributed by atoms with Gasteiger partial charge in [-0.3, -0.25) is 13.9 Å². The average molecular weight is 569 g/mol. The standard InChI is InChI=1S/C25H34BrN3O5S/c1-5-7-15-27-25(31)19(3)28(17-20-9-8-10-21(26)16-20)24(30)18-29(35(4,32)33)22-11-13-23(14-12-22)34-6-2/h8-14,16,19H,5-7,15,17-18H2,1-4H3,(H,27,31)/t19-/m1/s1. The van der Waals surface area contributed by atoms with E-state index in [0.29, 0.717) is 24.6 Å². The van der Waals surface area contributed by atoms with Crippen LogP contribution in [0.4, 0.5) is 5.69 Å². The van der Waals surface area contributed by atoms with E-state index >= 15 is 0 Å². The lowest BCUT2D eigenvalue weighted by atomic mass is 10.1. The highest BCUT2D eigenvalue weighted by Gasteiger charge is 2.30. The maximum Gasteiger partial charge on any atom is 0.244 e.